The van der Waals surface area contributed by atoms with Gasteiger partial charge < -0.3 is 9.88 Å². The number of piperazine rings is 1. The summed E-state index contributed by atoms with van der Waals surface area (Å²) in [5.41, 5.74) is 1.37. The van der Waals surface area contributed by atoms with Crippen LogP contribution in [0.5, 0.6) is 0 Å². The van der Waals surface area contributed by atoms with Crippen LogP contribution in [0.1, 0.15) is 5.69 Å². The van der Waals surface area contributed by atoms with E-state index in [0.29, 0.717) is 10.7 Å². The molecule has 0 saturated carbocycles. The molecule has 1 aliphatic heterocycles. The number of amides is 2. The van der Waals surface area contributed by atoms with E-state index in [1.165, 1.54) is 16.1 Å². The third kappa shape index (κ3) is 3.01. The maximum atomic E-state index is 12.2. The van der Waals surface area contributed by atoms with Gasteiger partial charge in [-0.1, -0.05) is 17.7 Å². The highest BCUT2D eigenvalue weighted by atomic mass is 35.5. The SMILES string of the molecule is O=C1CN(c2cccc(Cl)c2)C(=O)CN1/N=C\c1ccc[nH]1. The number of hydrogen-bond acceptors (Lipinski definition) is 3. The lowest BCUT2D eigenvalue weighted by molar-refractivity contribution is -0.138. The third-order valence-corrected chi connectivity index (χ3v) is 3.48. The largest absolute Gasteiger partial charge is 0.360 e. The van der Waals surface area contributed by atoms with Crippen molar-refractivity contribution < 1.29 is 9.59 Å². The number of anilines is 1. The lowest BCUT2D eigenvalue weighted by atomic mass is 10.2. The molecule has 7 heteroatoms. The van der Waals surface area contributed by atoms with Gasteiger partial charge in [0.1, 0.15) is 13.1 Å². The molecule has 0 atom stereocenters. The van der Waals surface area contributed by atoms with Crippen molar-refractivity contribution in [2.45, 2.75) is 0 Å². The molecule has 0 unspecified atom stereocenters. The number of nitrogens with one attached hydrogen (secondary N) is 1. The summed E-state index contributed by atoms with van der Waals surface area (Å²) in [6.45, 7) is -0.149. The van der Waals surface area contributed by atoms with Gasteiger partial charge in [0.05, 0.1) is 11.9 Å². The number of nitrogens with zero attached hydrogens (tertiary/aromatic N) is 3. The number of carbonyl (C=O) groups is 2. The monoisotopic (exact) mass is 316 g/mol. The van der Waals surface area contributed by atoms with Crippen LogP contribution in [-0.4, -0.2) is 41.1 Å². The Hall–Kier alpha value is -2.60. The molecule has 1 aliphatic rings. The lowest BCUT2D eigenvalue weighted by Crippen LogP contribution is -2.52. The summed E-state index contributed by atoms with van der Waals surface area (Å²) in [4.78, 5) is 28.7. The maximum Gasteiger partial charge on any atom is 0.263 e. The number of aromatic amines is 1. The Bertz CT molecular complexity index is 727. The molecule has 112 valence electrons. The number of carbonyl (C=O) groups excluding carboxylic acids is 2. The molecule has 6 nitrogen and oxygen atoms in total. The highest BCUT2D eigenvalue weighted by molar-refractivity contribution is 6.31. The lowest BCUT2D eigenvalue weighted by Gasteiger charge is -2.31. The van der Waals surface area contributed by atoms with Crippen LogP contribution in [0.2, 0.25) is 5.02 Å². The molecule has 2 aromatic rings. The van der Waals surface area contributed by atoms with Gasteiger partial charge in [-0.25, -0.2) is 5.01 Å². The van der Waals surface area contributed by atoms with Gasteiger partial charge in [0.25, 0.3) is 5.91 Å². The van der Waals surface area contributed by atoms with Crippen molar-refractivity contribution in [3.05, 3.63) is 53.3 Å². The minimum Gasteiger partial charge on any atom is -0.360 e. The second-order valence-corrected chi connectivity index (χ2v) is 5.22. The van der Waals surface area contributed by atoms with E-state index < -0.39 is 0 Å². The average molecular weight is 317 g/mol. The van der Waals surface area contributed by atoms with Crippen LogP contribution >= 0.6 is 11.6 Å². The predicted molar refractivity (Wildman–Crippen MR) is 83.9 cm³/mol. The van der Waals surface area contributed by atoms with Crippen LogP contribution in [0.25, 0.3) is 0 Å². The molecule has 0 radical (unpaired) electrons. The van der Waals surface area contributed by atoms with Crippen molar-refractivity contribution in [2.75, 3.05) is 18.0 Å². The summed E-state index contributed by atoms with van der Waals surface area (Å²) in [6, 6.07) is 10.5. The first-order valence-electron chi connectivity index (χ1n) is 6.67. The van der Waals surface area contributed by atoms with Gasteiger partial charge in [0, 0.05) is 16.9 Å². The molecule has 1 aromatic carbocycles. The fourth-order valence-corrected chi connectivity index (χ4v) is 2.33. The van der Waals surface area contributed by atoms with Crippen molar-refractivity contribution in [1.29, 1.82) is 0 Å². The highest BCUT2D eigenvalue weighted by Crippen LogP contribution is 2.21. The normalized spacial score (nSPS) is 15.9. The first kappa shape index (κ1) is 14.3. The van der Waals surface area contributed by atoms with Crippen LogP contribution in [0.15, 0.2) is 47.7 Å². The zero-order valence-corrected chi connectivity index (χ0v) is 12.3. The quantitative estimate of drug-likeness (QED) is 0.878. The van der Waals surface area contributed by atoms with E-state index in [2.05, 4.69) is 10.1 Å². The summed E-state index contributed by atoms with van der Waals surface area (Å²) in [5, 5.41) is 5.75. The van der Waals surface area contributed by atoms with Crippen LogP contribution in [0.3, 0.4) is 0 Å². The van der Waals surface area contributed by atoms with E-state index in [0.717, 1.165) is 5.69 Å². The van der Waals surface area contributed by atoms with E-state index in [4.69, 9.17) is 11.6 Å². The summed E-state index contributed by atoms with van der Waals surface area (Å²) in [7, 11) is 0. The zero-order chi connectivity index (χ0) is 15.5. The minimum absolute atomic E-state index is 0.0543. The topological polar surface area (TPSA) is 68.8 Å². The van der Waals surface area contributed by atoms with Crippen molar-refractivity contribution in [3.63, 3.8) is 0 Å². The number of benzene rings is 1. The average Bonchev–Trinajstić information content (AvgIpc) is 3.01. The Morgan fingerprint density at radius 1 is 1.14 bits per heavy atom. The van der Waals surface area contributed by atoms with Crippen LogP contribution in [0, 0.1) is 0 Å². The van der Waals surface area contributed by atoms with Crippen LogP contribution < -0.4 is 4.90 Å². The van der Waals surface area contributed by atoms with Crippen molar-refractivity contribution >= 4 is 35.3 Å². The summed E-state index contributed by atoms with van der Waals surface area (Å²) in [6.07, 6.45) is 3.27. The molecule has 22 heavy (non-hydrogen) atoms. The summed E-state index contributed by atoms with van der Waals surface area (Å²) in [5.74, 6) is -0.451. The van der Waals surface area contributed by atoms with Gasteiger partial charge in [0.2, 0.25) is 5.91 Å². The zero-order valence-electron chi connectivity index (χ0n) is 11.6. The van der Waals surface area contributed by atoms with Gasteiger partial charge >= 0.3 is 0 Å². The van der Waals surface area contributed by atoms with Gasteiger partial charge in [-0.3, -0.25) is 9.59 Å². The maximum absolute atomic E-state index is 12.2. The molecule has 1 fully saturated rings. The Kier molecular flexibility index (Phi) is 3.93. The Labute approximate surface area is 132 Å². The smallest absolute Gasteiger partial charge is 0.263 e. The predicted octanol–water partition coefficient (Wildman–Crippen LogP) is 1.88. The molecule has 1 saturated heterocycles. The number of aromatic nitrogens is 1. The van der Waals surface area contributed by atoms with Gasteiger partial charge in [-0.05, 0) is 30.3 Å². The Morgan fingerprint density at radius 3 is 2.73 bits per heavy atom. The molecular weight excluding hydrogens is 304 g/mol. The standard InChI is InChI=1S/C15H13ClN4O2/c16-11-3-1-5-13(7-11)19-9-15(22)20(10-14(19)21)18-8-12-4-2-6-17-12/h1-8,17H,9-10H2/b18-8-. The fraction of sp³-hybridized carbons (Fsp3) is 0.133. The van der Waals surface area contributed by atoms with E-state index in [1.54, 1.807) is 30.5 Å². The molecule has 2 heterocycles. The first-order chi connectivity index (χ1) is 10.6. The number of H-pyrrole nitrogens is 1. The number of hydrogen-bond donors (Lipinski definition) is 1. The second-order valence-electron chi connectivity index (χ2n) is 4.78. The van der Waals surface area contributed by atoms with E-state index in [1.807, 2.05) is 12.1 Å². The number of halogens is 1. The molecule has 0 spiro atoms. The summed E-state index contributed by atoms with van der Waals surface area (Å²) >= 11 is 5.92. The number of rotatable bonds is 3. The van der Waals surface area contributed by atoms with Crippen molar-refractivity contribution in [2.24, 2.45) is 5.10 Å². The third-order valence-electron chi connectivity index (χ3n) is 3.25. The van der Waals surface area contributed by atoms with Gasteiger partial charge in [-0.2, -0.15) is 5.10 Å². The Morgan fingerprint density at radius 2 is 2.00 bits per heavy atom. The van der Waals surface area contributed by atoms with E-state index >= 15 is 0 Å². The molecule has 0 aliphatic carbocycles. The second kappa shape index (κ2) is 6.03. The van der Waals surface area contributed by atoms with Gasteiger partial charge in [-0.15, -0.1) is 0 Å². The van der Waals surface area contributed by atoms with Crippen LogP contribution in [0.4, 0.5) is 5.69 Å². The molecule has 3 rings (SSSR count). The van der Waals surface area contributed by atoms with Crippen molar-refractivity contribution in [1.82, 2.24) is 9.99 Å². The first-order valence-corrected chi connectivity index (χ1v) is 7.05. The molecule has 1 N–H and O–H groups in total. The molecule has 2 amide bonds. The minimum atomic E-state index is -0.248. The molecular formula is C15H13ClN4O2. The molecule has 1 aromatic heterocycles. The van der Waals surface area contributed by atoms with Gasteiger partial charge in [0.15, 0.2) is 0 Å². The van der Waals surface area contributed by atoms with Crippen LogP contribution in [-0.2, 0) is 9.59 Å². The summed E-state index contributed by atoms with van der Waals surface area (Å²) < 4.78 is 0. The number of hydrazone groups is 1. The van der Waals surface area contributed by atoms with Crippen molar-refractivity contribution in [3.8, 4) is 0 Å². The van der Waals surface area contributed by atoms with E-state index in [9.17, 15) is 9.59 Å². The molecule has 0 bridgehead atoms. The Balaban J connectivity index is 1.74. The highest BCUT2D eigenvalue weighted by Gasteiger charge is 2.30. The fourth-order valence-electron chi connectivity index (χ4n) is 2.15. The van der Waals surface area contributed by atoms with E-state index in [-0.39, 0.29) is 24.9 Å².